The monoisotopic (exact) mass is 554 g/mol. The molecule has 11 nitrogen and oxygen atoms in total. The molecule has 37 heavy (non-hydrogen) atoms. The minimum atomic E-state index is -1.11. The third kappa shape index (κ3) is 10.6. The van der Waals surface area contributed by atoms with Crippen LogP contribution in [0.4, 0.5) is 9.59 Å². The van der Waals surface area contributed by atoms with E-state index in [0.29, 0.717) is 18.8 Å². The predicted molar refractivity (Wildman–Crippen MR) is 143 cm³/mol. The first-order valence-electron chi connectivity index (χ1n) is 12.2. The van der Waals surface area contributed by atoms with Crippen LogP contribution in [0.3, 0.4) is 0 Å². The van der Waals surface area contributed by atoms with Gasteiger partial charge in [0.05, 0.1) is 33.7 Å². The molecular weight excluding hydrogens is 516 g/mol. The van der Waals surface area contributed by atoms with Gasteiger partial charge >= 0.3 is 12.1 Å². The van der Waals surface area contributed by atoms with E-state index in [2.05, 4.69) is 39.8 Å². The van der Waals surface area contributed by atoms with Crippen molar-refractivity contribution in [1.82, 2.24) is 30.8 Å². The Labute approximate surface area is 226 Å². The summed E-state index contributed by atoms with van der Waals surface area (Å²) in [5.74, 6) is -0.172. The molecular formula is C24H38N6O5S2. The van der Waals surface area contributed by atoms with Crippen LogP contribution < -0.4 is 16.0 Å². The van der Waals surface area contributed by atoms with Gasteiger partial charge in [0.2, 0.25) is 5.91 Å². The van der Waals surface area contributed by atoms with E-state index in [1.54, 1.807) is 30.1 Å². The third-order valence-corrected chi connectivity index (χ3v) is 7.41. The summed E-state index contributed by atoms with van der Waals surface area (Å²) in [6.07, 6.45) is 1.21. The lowest BCUT2D eigenvalue weighted by atomic mass is 10.1. The molecule has 0 radical (unpaired) electrons. The molecule has 0 saturated carbocycles. The number of hydrogen-bond donors (Lipinski definition) is 4. The maximum absolute atomic E-state index is 12.8. The molecule has 2 aromatic heterocycles. The molecule has 4 amide bonds. The fourth-order valence-corrected chi connectivity index (χ4v) is 4.63. The van der Waals surface area contributed by atoms with E-state index in [0.717, 1.165) is 15.6 Å². The van der Waals surface area contributed by atoms with Gasteiger partial charge in [0.25, 0.3) is 0 Å². The van der Waals surface area contributed by atoms with Gasteiger partial charge in [-0.2, -0.15) is 0 Å². The topological polar surface area (TPSA) is 146 Å². The van der Waals surface area contributed by atoms with Crippen molar-refractivity contribution < 1.29 is 24.2 Å². The first kappa shape index (κ1) is 30.5. The van der Waals surface area contributed by atoms with Crippen LogP contribution in [0.15, 0.2) is 17.1 Å². The number of carbonyl (C=O) groups is 3. The third-order valence-electron chi connectivity index (χ3n) is 5.47. The molecule has 0 bridgehead atoms. The highest BCUT2D eigenvalue weighted by Gasteiger charge is 2.28. The second-order valence-corrected chi connectivity index (χ2v) is 11.3. The van der Waals surface area contributed by atoms with Crippen LogP contribution in [0, 0.1) is 0 Å². The van der Waals surface area contributed by atoms with E-state index >= 15 is 0 Å². The number of aromatic nitrogens is 2. The Morgan fingerprint density at radius 3 is 2.30 bits per heavy atom. The van der Waals surface area contributed by atoms with Crippen LogP contribution in [-0.2, 0) is 22.7 Å². The van der Waals surface area contributed by atoms with Crippen molar-refractivity contribution in [1.29, 1.82) is 0 Å². The van der Waals surface area contributed by atoms with Gasteiger partial charge in [-0.3, -0.25) is 9.78 Å². The number of nitrogens with one attached hydrogen (secondary N) is 3. The van der Waals surface area contributed by atoms with Crippen LogP contribution in [0.1, 0.15) is 69.0 Å². The molecule has 0 aliphatic carbocycles. The van der Waals surface area contributed by atoms with Crippen LogP contribution in [0.5, 0.6) is 0 Å². The van der Waals surface area contributed by atoms with E-state index < -0.39 is 30.2 Å². The highest BCUT2D eigenvalue weighted by molar-refractivity contribution is 7.09. The Kier molecular flexibility index (Phi) is 12.2. The number of nitrogens with zero attached hydrogens (tertiary/aromatic N) is 3. The standard InChI is InChI=1S/C24H38N6O5S2/c1-14(2)22-28-18(12-36-22)10-30(6)23(33)29-20(17(5)31)21(32)26-15(3)7-8-16(4)27-24(34)35-11-19-9-25-13-37-19/h9,12-17,20,31H,7-8,10-11H2,1-6H3,(H,26,32)(H,27,34)(H,29,33)/t15-,16-,17?,20+/m1/s1. The molecule has 2 heterocycles. The number of aliphatic hydroxyl groups excluding tert-OH is 1. The Morgan fingerprint density at radius 1 is 1.05 bits per heavy atom. The van der Waals surface area contributed by atoms with Crippen LogP contribution >= 0.6 is 22.7 Å². The van der Waals surface area contributed by atoms with E-state index in [-0.39, 0.29) is 25.2 Å². The minimum Gasteiger partial charge on any atom is -0.444 e. The van der Waals surface area contributed by atoms with Gasteiger partial charge in [0, 0.05) is 36.6 Å². The summed E-state index contributed by atoms with van der Waals surface area (Å²) >= 11 is 2.96. The highest BCUT2D eigenvalue weighted by Crippen LogP contribution is 2.19. The number of rotatable bonds is 13. The summed E-state index contributed by atoms with van der Waals surface area (Å²) in [5, 5.41) is 21.3. The van der Waals surface area contributed by atoms with Crippen molar-refractivity contribution in [3.8, 4) is 0 Å². The average Bonchev–Trinajstić information content (AvgIpc) is 3.51. The number of thiazole rings is 2. The zero-order valence-electron chi connectivity index (χ0n) is 22.2. The van der Waals surface area contributed by atoms with E-state index in [9.17, 15) is 19.5 Å². The van der Waals surface area contributed by atoms with Crippen molar-refractivity contribution in [3.63, 3.8) is 0 Å². The molecule has 2 rings (SSSR count). The van der Waals surface area contributed by atoms with Gasteiger partial charge in [-0.05, 0) is 33.6 Å². The SMILES string of the molecule is CC(C)c1nc(CN(C)C(=O)N[C@H](C(=O)N[C@H](C)CC[C@@H](C)NC(=O)OCc2cncs2)C(C)O)cs1. The quantitative estimate of drug-likeness (QED) is 0.297. The summed E-state index contributed by atoms with van der Waals surface area (Å²) in [6.45, 7) is 9.70. The zero-order chi connectivity index (χ0) is 27.5. The molecule has 0 fully saturated rings. The van der Waals surface area contributed by atoms with Gasteiger partial charge in [-0.1, -0.05) is 13.8 Å². The van der Waals surface area contributed by atoms with Crippen LogP contribution in [0.25, 0.3) is 0 Å². The number of hydrogen-bond acceptors (Lipinski definition) is 9. The summed E-state index contributed by atoms with van der Waals surface area (Å²) in [7, 11) is 1.61. The van der Waals surface area contributed by atoms with Gasteiger partial charge in [0.15, 0.2) is 0 Å². The first-order valence-corrected chi connectivity index (χ1v) is 14.0. The average molecular weight is 555 g/mol. The number of alkyl carbamates (subject to hydrolysis) is 1. The van der Waals surface area contributed by atoms with Crippen LogP contribution in [0.2, 0.25) is 0 Å². The Bertz CT molecular complexity index is 998. The first-order chi connectivity index (χ1) is 17.5. The smallest absolute Gasteiger partial charge is 0.407 e. The number of urea groups is 1. The summed E-state index contributed by atoms with van der Waals surface area (Å²) < 4.78 is 5.17. The molecule has 206 valence electrons. The fraction of sp³-hybridized carbons (Fsp3) is 0.625. The number of carbonyl (C=O) groups excluding carboxylic acids is 3. The van der Waals surface area contributed by atoms with E-state index in [4.69, 9.17) is 4.74 Å². The number of ether oxygens (including phenoxy) is 1. The molecule has 0 aromatic carbocycles. The van der Waals surface area contributed by atoms with Crippen molar-refractivity contribution in [2.24, 2.45) is 0 Å². The molecule has 0 aliphatic rings. The largest absolute Gasteiger partial charge is 0.444 e. The molecule has 0 aliphatic heterocycles. The minimum absolute atomic E-state index is 0.167. The molecule has 0 spiro atoms. The highest BCUT2D eigenvalue weighted by atomic mass is 32.1. The second kappa shape index (κ2) is 14.8. The van der Waals surface area contributed by atoms with E-state index in [1.165, 1.54) is 23.2 Å². The number of amides is 4. The maximum atomic E-state index is 12.8. The molecule has 1 unspecified atom stereocenters. The Hall–Kier alpha value is -2.77. The molecule has 0 saturated heterocycles. The molecule has 13 heteroatoms. The normalized spacial score (nSPS) is 14.4. The van der Waals surface area contributed by atoms with Gasteiger partial charge < -0.3 is 30.7 Å². The lowest BCUT2D eigenvalue weighted by Crippen LogP contribution is -2.56. The Balaban J connectivity index is 1.76. The number of aliphatic hydroxyl groups is 1. The lowest BCUT2D eigenvalue weighted by Gasteiger charge is -2.26. The van der Waals surface area contributed by atoms with Gasteiger partial charge in [-0.25, -0.2) is 14.6 Å². The van der Waals surface area contributed by atoms with Crippen LogP contribution in [-0.4, -0.2) is 69.3 Å². The van der Waals surface area contributed by atoms with Crippen molar-refractivity contribution >= 4 is 40.7 Å². The van der Waals surface area contributed by atoms with Crippen molar-refractivity contribution in [3.05, 3.63) is 32.7 Å². The van der Waals surface area contributed by atoms with Crippen molar-refractivity contribution in [2.45, 2.75) is 90.8 Å². The molecule has 4 atom stereocenters. The van der Waals surface area contributed by atoms with Gasteiger partial charge in [0.1, 0.15) is 12.6 Å². The maximum Gasteiger partial charge on any atom is 0.407 e. The van der Waals surface area contributed by atoms with Gasteiger partial charge in [-0.15, -0.1) is 22.7 Å². The zero-order valence-corrected chi connectivity index (χ0v) is 23.8. The second-order valence-electron chi connectivity index (χ2n) is 9.43. The van der Waals surface area contributed by atoms with Crippen molar-refractivity contribution in [2.75, 3.05) is 7.05 Å². The van der Waals surface area contributed by atoms with E-state index in [1.807, 2.05) is 19.2 Å². The summed E-state index contributed by atoms with van der Waals surface area (Å²) in [6, 6.07) is -2.01. The fourth-order valence-electron chi connectivity index (χ4n) is 3.29. The summed E-state index contributed by atoms with van der Waals surface area (Å²) in [5.41, 5.74) is 2.44. The molecule has 2 aromatic rings. The predicted octanol–water partition coefficient (Wildman–Crippen LogP) is 3.21. The lowest BCUT2D eigenvalue weighted by molar-refractivity contribution is -0.126. The molecule has 4 N–H and O–H groups in total. The Morgan fingerprint density at radius 2 is 1.73 bits per heavy atom. The summed E-state index contributed by atoms with van der Waals surface area (Å²) in [4.78, 5) is 48.2.